The molecule has 0 radical (unpaired) electrons. The number of hydrogen-bond acceptors (Lipinski definition) is 2. The summed E-state index contributed by atoms with van der Waals surface area (Å²) in [7, 11) is 0. The lowest BCUT2D eigenvalue weighted by Gasteiger charge is -2.29. The summed E-state index contributed by atoms with van der Waals surface area (Å²) in [5, 5.41) is 3.70. The Hall–Kier alpha value is -1.55. The van der Waals surface area contributed by atoms with E-state index >= 15 is 0 Å². The number of halogens is 2. The molecule has 2 aromatic rings. The van der Waals surface area contributed by atoms with Crippen LogP contribution in [0.3, 0.4) is 0 Å². The van der Waals surface area contributed by atoms with Crippen molar-refractivity contribution in [2.24, 2.45) is 0 Å². The van der Waals surface area contributed by atoms with Crippen molar-refractivity contribution in [1.29, 1.82) is 0 Å². The molecule has 3 nitrogen and oxygen atoms in total. The van der Waals surface area contributed by atoms with Crippen molar-refractivity contribution in [2.45, 2.75) is 26.4 Å². The van der Waals surface area contributed by atoms with E-state index < -0.39 is 0 Å². The molecule has 1 N–H and O–H groups in total. The van der Waals surface area contributed by atoms with Gasteiger partial charge in [-0.1, -0.05) is 74.0 Å². The first-order chi connectivity index (χ1) is 11.2. The lowest BCUT2D eigenvalue weighted by molar-refractivity contribution is -0.126. The van der Waals surface area contributed by atoms with Crippen LogP contribution in [0.25, 0.3) is 0 Å². The first-order valence-electron chi connectivity index (χ1n) is 7.97. The third-order valence-corrected chi connectivity index (χ3v) is 4.32. The highest BCUT2D eigenvalue weighted by atomic mass is 35.5. The van der Waals surface area contributed by atoms with Gasteiger partial charge < -0.3 is 5.32 Å². The molecule has 0 fully saturated rings. The van der Waals surface area contributed by atoms with Crippen molar-refractivity contribution < 1.29 is 4.79 Å². The first-order valence-corrected chi connectivity index (χ1v) is 8.35. The number of nitrogens with zero attached hydrogens (tertiary/aromatic N) is 1. The molecule has 0 bridgehead atoms. The Morgan fingerprint density at radius 2 is 1.62 bits per heavy atom. The van der Waals surface area contributed by atoms with Crippen LogP contribution in [0.2, 0.25) is 5.02 Å². The molecule has 2 rings (SSSR count). The highest BCUT2D eigenvalue weighted by molar-refractivity contribution is 6.31. The van der Waals surface area contributed by atoms with E-state index in [1.165, 1.54) is 0 Å². The van der Waals surface area contributed by atoms with E-state index in [1.54, 1.807) is 0 Å². The molecule has 0 aliphatic carbocycles. The van der Waals surface area contributed by atoms with Crippen LogP contribution in [0, 0.1) is 0 Å². The van der Waals surface area contributed by atoms with Gasteiger partial charge >= 0.3 is 0 Å². The molecule has 0 saturated carbocycles. The summed E-state index contributed by atoms with van der Waals surface area (Å²) in [5.74, 6) is -0.000167. The highest BCUT2D eigenvalue weighted by Gasteiger charge is 2.25. The lowest BCUT2D eigenvalue weighted by atomic mass is 10.0. The predicted octanol–water partition coefficient (Wildman–Crippen LogP) is 4.46. The van der Waals surface area contributed by atoms with Crippen LogP contribution < -0.4 is 5.32 Å². The fraction of sp³-hybridized carbons (Fsp3) is 0.316. The molecule has 0 spiro atoms. The molecule has 24 heavy (non-hydrogen) atoms. The van der Waals surface area contributed by atoms with Crippen molar-refractivity contribution in [3.8, 4) is 0 Å². The second-order valence-corrected chi connectivity index (χ2v) is 5.75. The zero-order valence-electron chi connectivity index (χ0n) is 14.0. The summed E-state index contributed by atoms with van der Waals surface area (Å²) in [5.41, 5.74) is 1.93. The van der Waals surface area contributed by atoms with Crippen molar-refractivity contribution in [3.05, 3.63) is 70.7 Å². The molecule has 5 heteroatoms. The minimum atomic E-state index is -0.284. The standard InChI is InChI=1S/C19H23ClN2O.ClH/c1-3-22(4-2)18(15-10-6-5-7-11-15)19(23)21-14-16-12-8-9-13-17(16)20;/h5-13,18H,3-4,14H2,1-2H3,(H,21,23);1H. The van der Waals surface area contributed by atoms with Crippen LogP contribution >= 0.6 is 24.0 Å². The van der Waals surface area contributed by atoms with Gasteiger partial charge in [-0.05, 0) is 30.3 Å². The van der Waals surface area contributed by atoms with Crippen LogP contribution in [-0.4, -0.2) is 23.9 Å². The Morgan fingerprint density at radius 3 is 2.21 bits per heavy atom. The van der Waals surface area contributed by atoms with Crippen molar-refractivity contribution in [2.75, 3.05) is 13.1 Å². The Kier molecular flexibility index (Phi) is 8.83. The van der Waals surface area contributed by atoms with Gasteiger partial charge in [0.1, 0.15) is 6.04 Å². The monoisotopic (exact) mass is 366 g/mol. The lowest BCUT2D eigenvalue weighted by Crippen LogP contribution is -2.40. The average molecular weight is 367 g/mol. The number of amides is 1. The first kappa shape index (κ1) is 20.5. The topological polar surface area (TPSA) is 32.3 Å². The Labute approximate surface area is 155 Å². The number of likely N-dealkylation sites (N-methyl/N-ethyl adjacent to an activating group) is 1. The van der Waals surface area contributed by atoms with Gasteiger partial charge in [0.05, 0.1) is 0 Å². The number of hydrogen-bond donors (Lipinski definition) is 1. The zero-order chi connectivity index (χ0) is 16.7. The Balaban J connectivity index is 0.00000288. The minimum Gasteiger partial charge on any atom is -0.350 e. The molecule has 0 aliphatic rings. The van der Waals surface area contributed by atoms with E-state index in [0.717, 1.165) is 24.2 Å². The maximum atomic E-state index is 12.8. The van der Waals surface area contributed by atoms with Crippen LogP contribution in [-0.2, 0) is 11.3 Å². The van der Waals surface area contributed by atoms with Crippen LogP contribution in [0.4, 0.5) is 0 Å². The van der Waals surface area contributed by atoms with Gasteiger partial charge in [-0.15, -0.1) is 12.4 Å². The molecule has 0 heterocycles. The number of benzene rings is 2. The van der Waals surface area contributed by atoms with Gasteiger partial charge in [0.25, 0.3) is 0 Å². The molecule has 1 unspecified atom stereocenters. The number of carbonyl (C=O) groups is 1. The summed E-state index contributed by atoms with van der Waals surface area (Å²) < 4.78 is 0. The summed E-state index contributed by atoms with van der Waals surface area (Å²) in [6.45, 7) is 6.20. The van der Waals surface area contributed by atoms with E-state index in [2.05, 4.69) is 24.1 Å². The zero-order valence-corrected chi connectivity index (χ0v) is 15.6. The second kappa shape index (κ2) is 10.3. The fourth-order valence-electron chi connectivity index (χ4n) is 2.67. The molecular weight excluding hydrogens is 343 g/mol. The number of nitrogens with one attached hydrogen (secondary N) is 1. The second-order valence-electron chi connectivity index (χ2n) is 5.34. The van der Waals surface area contributed by atoms with Crippen molar-refractivity contribution in [1.82, 2.24) is 10.2 Å². The van der Waals surface area contributed by atoms with Gasteiger partial charge in [-0.2, -0.15) is 0 Å². The molecule has 130 valence electrons. The highest BCUT2D eigenvalue weighted by Crippen LogP contribution is 2.21. The summed E-state index contributed by atoms with van der Waals surface area (Å²) in [6.07, 6.45) is 0. The van der Waals surface area contributed by atoms with Crippen LogP contribution in [0.15, 0.2) is 54.6 Å². The normalized spacial score (nSPS) is 11.7. The smallest absolute Gasteiger partial charge is 0.242 e. The summed E-state index contributed by atoms with van der Waals surface area (Å²) >= 11 is 6.16. The van der Waals surface area contributed by atoms with Gasteiger partial charge in [0.15, 0.2) is 0 Å². The number of carbonyl (C=O) groups excluding carboxylic acids is 1. The number of rotatable bonds is 7. The van der Waals surface area contributed by atoms with Crippen molar-refractivity contribution >= 4 is 29.9 Å². The molecule has 1 atom stereocenters. The SMILES string of the molecule is CCN(CC)C(C(=O)NCc1ccccc1Cl)c1ccccc1.Cl. The molecule has 0 aromatic heterocycles. The van der Waals surface area contributed by atoms with E-state index in [-0.39, 0.29) is 24.4 Å². The average Bonchev–Trinajstić information content (AvgIpc) is 2.59. The molecule has 1 amide bonds. The third kappa shape index (κ3) is 5.23. The Morgan fingerprint density at radius 1 is 1.04 bits per heavy atom. The fourth-order valence-corrected chi connectivity index (χ4v) is 2.88. The largest absolute Gasteiger partial charge is 0.350 e. The predicted molar refractivity (Wildman–Crippen MR) is 103 cm³/mol. The minimum absolute atomic E-state index is 0. The Bertz CT molecular complexity index is 630. The van der Waals surface area contributed by atoms with E-state index in [9.17, 15) is 4.79 Å². The van der Waals surface area contributed by atoms with Gasteiger partial charge in [0, 0.05) is 11.6 Å². The molecular formula is C19H24Cl2N2O. The summed E-state index contributed by atoms with van der Waals surface area (Å²) in [4.78, 5) is 14.9. The van der Waals surface area contributed by atoms with E-state index in [1.807, 2.05) is 54.6 Å². The maximum Gasteiger partial charge on any atom is 0.242 e. The van der Waals surface area contributed by atoms with E-state index in [0.29, 0.717) is 11.6 Å². The van der Waals surface area contributed by atoms with Gasteiger partial charge in [-0.25, -0.2) is 0 Å². The van der Waals surface area contributed by atoms with Gasteiger partial charge in [-0.3, -0.25) is 9.69 Å². The van der Waals surface area contributed by atoms with Crippen LogP contribution in [0.1, 0.15) is 31.0 Å². The van der Waals surface area contributed by atoms with Crippen molar-refractivity contribution in [3.63, 3.8) is 0 Å². The van der Waals surface area contributed by atoms with E-state index in [4.69, 9.17) is 11.6 Å². The third-order valence-electron chi connectivity index (χ3n) is 3.95. The molecule has 2 aromatic carbocycles. The molecule has 0 saturated heterocycles. The maximum absolute atomic E-state index is 12.8. The van der Waals surface area contributed by atoms with Gasteiger partial charge in [0.2, 0.25) is 5.91 Å². The quantitative estimate of drug-likeness (QED) is 0.784. The summed E-state index contributed by atoms with van der Waals surface area (Å²) in [6, 6.07) is 17.2. The molecule has 0 aliphatic heterocycles. The van der Waals surface area contributed by atoms with Crippen LogP contribution in [0.5, 0.6) is 0 Å².